The molecule has 0 bridgehead atoms. The fourth-order valence-corrected chi connectivity index (χ4v) is 1.99. The highest BCUT2D eigenvalue weighted by molar-refractivity contribution is 5.25. The summed E-state index contributed by atoms with van der Waals surface area (Å²) in [6, 6.07) is 12.2. The van der Waals surface area contributed by atoms with Crippen LogP contribution in [0.4, 0.5) is 0 Å². The van der Waals surface area contributed by atoms with E-state index in [1.165, 1.54) is 5.56 Å². The molecule has 0 aliphatic carbocycles. The Balaban J connectivity index is 2.24. The third kappa shape index (κ3) is 2.70. The molecule has 0 amide bonds. The molecular formula is C16H19NO. The predicted molar refractivity (Wildman–Crippen MR) is 75.1 cm³/mol. The van der Waals surface area contributed by atoms with Gasteiger partial charge in [0.1, 0.15) is 0 Å². The van der Waals surface area contributed by atoms with Crippen molar-refractivity contribution in [2.24, 2.45) is 0 Å². The molecule has 1 aromatic heterocycles. The Bertz CT molecular complexity index is 579. The molecule has 1 heterocycles. The van der Waals surface area contributed by atoms with Gasteiger partial charge in [-0.15, -0.1) is 0 Å². The maximum atomic E-state index is 11.9. The highest BCUT2D eigenvalue weighted by Crippen LogP contribution is 2.14. The predicted octanol–water partition coefficient (Wildman–Crippen LogP) is 3.33. The van der Waals surface area contributed by atoms with Crippen molar-refractivity contribution in [3.05, 3.63) is 69.6 Å². The van der Waals surface area contributed by atoms with Gasteiger partial charge in [0.2, 0.25) is 0 Å². The van der Waals surface area contributed by atoms with Gasteiger partial charge in [-0.3, -0.25) is 4.79 Å². The van der Waals surface area contributed by atoms with Crippen molar-refractivity contribution >= 4 is 0 Å². The number of hydrogen-bond donors (Lipinski definition) is 0. The molecule has 0 aliphatic rings. The summed E-state index contributed by atoms with van der Waals surface area (Å²) >= 11 is 0. The molecule has 0 saturated carbocycles. The summed E-state index contributed by atoms with van der Waals surface area (Å²) in [5.41, 5.74) is 3.36. The van der Waals surface area contributed by atoms with E-state index in [0.29, 0.717) is 12.5 Å². The van der Waals surface area contributed by atoms with E-state index in [9.17, 15) is 4.79 Å². The number of benzene rings is 1. The number of aromatic nitrogens is 1. The van der Waals surface area contributed by atoms with Gasteiger partial charge in [-0.05, 0) is 30.0 Å². The first-order chi connectivity index (χ1) is 8.58. The first-order valence-electron chi connectivity index (χ1n) is 6.33. The maximum absolute atomic E-state index is 11.9. The van der Waals surface area contributed by atoms with Crippen LogP contribution >= 0.6 is 0 Å². The average molecular weight is 241 g/mol. The van der Waals surface area contributed by atoms with E-state index >= 15 is 0 Å². The Morgan fingerprint density at radius 3 is 2.39 bits per heavy atom. The van der Waals surface area contributed by atoms with E-state index in [-0.39, 0.29) is 5.56 Å². The lowest BCUT2D eigenvalue weighted by molar-refractivity contribution is 0.751. The standard InChI is InChI=1S/C16H19NO/c1-12(2)15-8-6-14(7-9-15)11-17-10-4-5-13(3)16(17)18/h4-10,12H,11H2,1-3H3. The van der Waals surface area contributed by atoms with Crippen LogP contribution in [0.2, 0.25) is 0 Å². The van der Waals surface area contributed by atoms with Crippen LogP contribution in [-0.2, 0) is 6.54 Å². The second kappa shape index (κ2) is 5.21. The second-order valence-corrected chi connectivity index (χ2v) is 5.02. The summed E-state index contributed by atoms with van der Waals surface area (Å²) in [5, 5.41) is 0. The Hall–Kier alpha value is -1.83. The van der Waals surface area contributed by atoms with Gasteiger partial charge >= 0.3 is 0 Å². The lowest BCUT2D eigenvalue weighted by Gasteiger charge is -2.09. The highest BCUT2D eigenvalue weighted by atomic mass is 16.1. The fourth-order valence-electron chi connectivity index (χ4n) is 1.99. The summed E-state index contributed by atoms with van der Waals surface area (Å²) in [4.78, 5) is 11.9. The third-order valence-electron chi connectivity index (χ3n) is 3.21. The molecule has 18 heavy (non-hydrogen) atoms. The van der Waals surface area contributed by atoms with Gasteiger partial charge in [0, 0.05) is 11.8 Å². The Labute approximate surface area is 108 Å². The molecule has 94 valence electrons. The zero-order chi connectivity index (χ0) is 13.1. The summed E-state index contributed by atoms with van der Waals surface area (Å²) in [5.74, 6) is 0.542. The monoisotopic (exact) mass is 241 g/mol. The Morgan fingerprint density at radius 1 is 1.11 bits per heavy atom. The van der Waals surface area contributed by atoms with Crippen molar-refractivity contribution < 1.29 is 0 Å². The van der Waals surface area contributed by atoms with Crippen molar-refractivity contribution in [1.82, 2.24) is 4.57 Å². The van der Waals surface area contributed by atoms with Crippen molar-refractivity contribution in [2.45, 2.75) is 33.2 Å². The van der Waals surface area contributed by atoms with Gasteiger partial charge < -0.3 is 4.57 Å². The van der Waals surface area contributed by atoms with E-state index in [1.54, 1.807) is 4.57 Å². The third-order valence-corrected chi connectivity index (χ3v) is 3.21. The molecule has 0 aliphatic heterocycles. The van der Waals surface area contributed by atoms with E-state index < -0.39 is 0 Å². The number of aryl methyl sites for hydroxylation is 1. The van der Waals surface area contributed by atoms with Crippen molar-refractivity contribution in [3.8, 4) is 0 Å². The van der Waals surface area contributed by atoms with Gasteiger partial charge in [0.25, 0.3) is 5.56 Å². The molecule has 0 spiro atoms. The van der Waals surface area contributed by atoms with Gasteiger partial charge in [-0.2, -0.15) is 0 Å². The number of hydrogen-bond acceptors (Lipinski definition) is 1. The first kappa shape index (κ1) is 12.6. The van der Waals surface area contributed by atoms with Gasteiger partial charge in [-0.25, -0.2) is 0 Å². The van der Waals surface area contributed by atoms with Crippen LogP contribution in [-0.4, -0.2) is 4.57 Å². The zero-order valence-electron chi connectivity index (χ0n) is 11.2. The van der Waals surface area contributed by atoms with Crippen LogP contribution in [0, 0.1) is 6.92 Å². The Kier molecular flexibility index (Phi) is 3.66. The molecule has 2 rings (SSSR count). The minimum atomic E-state index is 0.0884. The highest BCUT2D eigenvalue weighted by Gasteiger charge is 2.02. The molecule has 0 saturated heterocycles. The zero-order valence-corrected chi connectivity index (χ0v) is 11.2. The number of nitrogens with zero attached hydrogens (tertiary/aromatic N) is 1. The summed E-state index contributed by atoms with van der Waals surface area (Å²) in [6.07, 6.45) is 1.84. The quantitative estimate of drug-likeness (QED) is 0.808. The molecular weight excluding hydrogens is 222 g/mol. The Morgan fingerprint density at radius 2 is 1.78 bits per heavy atom. The average Bonchev–Trinajstić information content (AvgIpc) is 2.36. The van der Waals surface area contributed by atoms with E-state index in [2.05, 4.69) is 38.1 Å². The minimum absolute atomic E-state index is 0.0884. The second-order valence-electron chi connectivity index (χ2n) is 5.02. The topological polar surface area (TPSA) is 22.0 Å². The van der Waals surface area contributed by atoms with Crippen LogP contribution in [0.5, 0.6) is 0 Å². The molecule has 0 unspecified atom stereocenters. The van der Waals surface area contributed by atoms with Crippen LogP contribution in [0.3, 0.4) is 0 Å². The maximum Gasteiger partial charge on any atom is 0.253 e. The first-order valence-corrected chi connectivity index (χ1v) is 6.33. The molecule has 2 nitrogen and oxygen atoms in total. The van der Waals surface area contributed by atoms with Gasteiger partial charge in [0.05, 0.1) is 6.54 Å². The lowest BCUT2D eigenvalue weighted by atomic mass is 10.0. The van der Waals surface area contributed by atoms with Crippen LogP contribution in [0.25, 0.3) is 0 Å². The van der Waals surface area contributed by atoms with Crippen molar-refractivity contribution in [2.75, 3.05) is 0 Å². The molecule has 2 aromatic rings. The molecule has 0 N–H and O–H groups in total. The smallest absolute Gasteiger partial charge is 0.253 e. The lowest BCUT2D eigenvalue weighted by Crippen LogP contribution is -2.21. The molecule has 0 radical (unpaired) electrons. The molecule has 0 fully saturated rings. The number of rotatable bonds is 3. The van der Waals surface area contributed by atoms with E-state index in [0.717, 1.165) is 11.1 Å². The minimum Gasteiger partial charge on any atom is -0.311 e. The summed E-state index contributed by atoms with van der Waals surface area (Å²) in [7, 11) is 0. The largest absolute Gasteiger partial charge is 0.311 e. The SMILES string of the molecule is Cc1cccn(Cc2ccc(C(C)C)cc2)c1=O. The van der Waals surface area contributed by atoms with Crippen molar-refractivity contribution in [1.29, 1.82) is 0 Å². The van der Waals surface area contributed by atoms with Crippen LogP contribution < -0.4 is 5.56 Å². The van der Waals surface area contributed by atoms with Crippen LogP contribution in [0.1, 0.15) is 36.5 Å². The molecule has 1 aromatic carbocycles. The summed E-state index contributed by atoms with van der Waals surface area (Å²) < 4.78 is 1.75. The molecule has 2 heteroatoms. The summed E-state index contributed by atoms with van der Waals surface area (Å²) in [6.45, 7) is 6.85. The van der Waals surface area contributed by atoms with Crippen molar-refractivity contribution in [3.63, 3.8) is 0 Å². The van der Waals surface area contributed by atoms with E-state index in [4.69, 9.17) is 0 Å². The number of pyridine rings is 1. The fraction of sp³-hybridized carbons (Fsp3) is 0.312. The van der Waals surface area contributed by atoms with Crippen LogP contribution in [0.15, 0.2) is 47.4 Å². The molecule has 0 atom stereocenters. The van der Waals surface area contributed by atoms with Gasteiger partial charge in [0.15, 0.2) is 0 Å². The normalized spacial score (nSPS) is 10.9. The van der Waals surface area contributed by atoms with E-state index in [1.807, 2.05) is 25.3 Å². The van der Waals surface area contributed by atoms with Gasteiger partial charge in [-0.1, -0.05) is 44.2 Å².